The van der Waals surface area contributed by atoms with E-state index in [1.54, 1.807) is 24.3 Å². The topological polar surface area (TPSA) is 116 Å². The fourth-order valence-electron chi connectivity index (χ4n) is 4.67. The summed E-state index contributed by atoms with van der Waals surface area (Å²) in [5, 5.41) is 3.18. The fourth-order valence-corrected chi connectivity index (χ4v) is 4.67. The predicted molar refractivity (Wildman–Crippen MR) is 134 cm³/mol. The number of ether oxygens (including phenoxy) is 3. The van der Waals surface area contributed by atoms with Crippen molar-refractivity contribution in [1.82, 2.24) is 20.2 Å². The largest absolute Gasteiger partial charge is 0.493 e. The maximum atomic E-state index is 14.0. The van der Waals surface area contributed by atoms with Gasteiger partial charge in [0.05, 0.1) is 40.3 Å². The van der Waals surface area contributed by atoms with Gasteiger partial charge in [-0.2, -0.15) is 0 Å². The van der Waals surface area contributed by atoms with Crippen molar-refractivity contribution >= 4 is 11.8 Å². The number of methoxy groups -OCH3 is 3. The molecule has 0 saturated heterocycles. The maximum Gasteiger partial charge on any atom is 0.275 e. The summed E-state index contributed by atoms with van der Waals surface area (Å²) in [6, 6.07) is 5.84. The molecule has 3 aromatic rings. The Balaban J connectivity index is 1.83. The number of nitrogens with zero attached hydrogens (tertiary/aromatic N) is 3. The summed E-state index contributed by atoms with van der Waals surface area (Å²) in [7, 11) is 4.52. The standard InChI is InChI=1S/C27H32N4O6/c1-34-22-14-18(15-23(35-2)25(22)36-3)24(26(32)30-19-8-5-4-6-9-19)31(17-20-10-7-13-37-20)27(33)21-16-28-11-12-29-21/h7,10-16,19,24H,4-6,8-9,17H2,1-3H3,(H,30,32)/t24-/m0/s1. The van der Waals surface area contributed by atoms with Gasteiger partial charge in [0.1, 0.15) is 17.5 Å². The van der Waals surface area contributed by atoms with Gasteiger partial charge in [-0.1, -0.05) is 19.3 Å². The predicted octanol–water partition coefficient (Wildman–Crippen LogP) is 3.93. The highest BCUT2D eigenvalue weighted by molar-refractivity contribution is 5.96. The Hall–Kier alpha value is -4.08. The molecule has 196 valence electrons. The molecule has 37 heavy (non-hydrogen) atoms. The van der Waals surface area contributed by atoms with Gasteiger partial charge < -0.3 is 28.8 Å². The summed E-state index contributed by atoms with van der Waals surface area (Å²) in [6.07, 6.45) is 10.9. The Labute approximate surface area is 215 Å². The first-order chi connectivity index (χ1) is 18.0. The number of hydrogen-bond acceptors (Lipinski definition) is 8. The van der Waals surface area contributed by atoms with Crippen LogP contribution in [0.2, 0.25) is 0 Å². The summed E-state index contributed by atoms with van der Waals surface area (Å²) >= 11 is 0. The monoisotopic (exact) mass is 508 g/mol. The number of amides is 2. The van der Waals surface area contributed by atoms with Crippen molar-refractivity contribution < 1.29 is 28.2 Å². The second-order valence-corrected chi connectivity index (χ2v) is 8.81. The minimum Gasteiger partial charge on any atom is -0.493 e. The molecule has 0 bridgehead atoms. The number of benzene rings is 1. The zero-order valence-corrected chi connectivity index (χ0v) is 21.3. The average Bonchev–Trinajstić information content (AvgIpc) is 3.46. The van der Waals surface area contributed by atoms with Gasteiger partial charge in [-0.3, -0.25) is 14.6 Å². The molecule has 2 heterocycles. The minimum absolute atomic E-state index is 0.0296. The number of carbonyl (C=O) groups excluding carboxylic acids is 2. The normalized spacial score (nSPS) is 14.5. The van der Waals surface area contributed by atoms with E-state index in [-0.39, 0.29) is 24.2 Å². The van der Waals surface area contributed by atoms with E-state index in [1.807, 2.05) is 0 Å². The fraction of sp³-hybridized carbons (Fsp3) is 0.407. The molecule has 1 aromatic carbocycles. The molecule has 1 aliphatic rings. The van der Waals surface area contributed by atoms with Crippen molar-refractivity contribution in [2.45, 2.75) is 50.7 Å². The molecule has 0 unspecified atom stereocenters. The molecule has 2 aromatic heterocycles. The third kappa shape index (κ3) is 6.02. The van der Waals surface area contributed by atoms with Crippen LogP contribution in [0.25, 0.3) is 0 Å². The Kier molecular flexibility index (Phi) is 8.60. The Bertz CT molecular complexity index is 1150. The van der Waals surface area contributed by atoms with Crippen molar-refractivity contribution in [3.05, 3.63) is 66.1 Å². The van der Waals surface area contributed by atoms with Crippen LogP contribution in [0.15, 0.2) is 53.5 Å². The smallest absolute Gasteiger partial charge is 0.275 e. The van der Waals surface area contributed by atoms with Gasteiger partial charge in [-0.05, 0) is 42.7 Å². The van der Waals surface area contributed by atoms with Crippen LogP contribution in [0.1, 0.15) is 60.0 Å². The van der Waals surface area contributed by atoms with Crippen LogP contribution in [0.3, 0.4) is 0 Å². The van der Waals surface area contributed by atoms with Crippen LogP contribution >= 0.6 is 0 Å². The van der Waals surface area contributed by atoms with E-state index in [4.69, 9.17) is 18.6 Å². The highest BCUT2D eigenvalue weighted by atomic mass is 16.5. The van der Waals surface area contributed by atoms with Crippen LogP contribution in [-0.4, -0.2) is 54.1 Å². The molecular weight excluding hydrogens is 476 g/mol. The summed E-state index contributed by atoms with van der Waals surface area (Å²) in [5.74, 6) is 0.861. The highest BCUT2D eigenvalue weighted by Gasteiger charge is 2.36. The van der Waals surface area contributed by atoms with Crippen LogP contribution < -0.4 is 19.5 Å². The number of hydrogen-bond donors (Lipinski definition) is 1. The van der Waals surface area contributed by atoms with Crippen molar-refractivity contribution in [2.24, 2.45) is 0 Å². The van der Waals surface area contributed by atoms with Gasteiger partial charge in [0, 0.05) is 18.4 Å². The first kappa shape index (κ1) is 26.0. The zero-order chi connectivity index (χ0) is 26.2. The molecular formula is C27H32N4O6. The van der Waals surface area contributed by atoms with Crippen molar-refractivity contribution in [3.63, 3.8) is 0 Å². The summed E-state index contributed by atoms with van der Waals surface area (Å²) in [6.45, 7) is 0.0296. The quantitative estimate of drug-likeness (QED) is 0.438. The lowest BCUT2D eigenvalue weighted by Crippen LogP contribution is -2.47. The van der Waals surface area contributed by atoms with E-state index in [0.717, 1.165) is 32.1 Å². The van der Waals surface area contributed by atoms with Crippen LogP contribution in [-0.2, 0) is 11.3 Å². The summed E-state index contributed by atoms with van der Waals surface area (Å²) < 4.78 is 22.1. The molecule has 1 aliphatic carbocycles. The molecule has 1 atom stereocenters. The lowest BCUT2D eigenvalue weighted by molar-refractivity contribution is -0.127. The molecule has 1 fully saturated rings. The molecule has 1 saturated carbocycles. The Morgan fingerprint density at radius 1 is 1.08 bits per heavy atom. The van der Waals surface area contributed by atoms with Gasteiger partial charge in [-0.25, -0.2) is 4.98 Å². The van der Waals surface area contributed by atoms with E-state index in [2.05, 4.69) is 15.3 Å². The van der Waals surface area contributed by atoms with Crippen molar-refractivity contribution in [2.75, 3.05) is 21.3 Å². The van der Waals surface area contributed by atoms with E-state index in [0.29, 0.717) is 28.6 Å². The van der Waals surface area contributed by atoms with Crippen molar-refractivity contribution in [1.29, 1.82) is 0 Å². The molecule has 0 aliphatic heterocycles. The Morgan fingerprint density at radius 2 is 1.81 bits per heavy atom. The second-order valence-electron chi connectivity index (χ2n) is 8.81. The zero-order valence-electron chi connectivity index (χ0n) is 21.3. The lowest BCUT2D eigenvalue weighted by atomic mass is 9.94. The third-order valence-corrected chi connectivity index (χ3v) is 6.46. The number of nitrogens with one attached hydrogen (secondary N) is 1. The molecule has 1 N–H and O–H groups in total. The first-order valence-electron chi connectivity index (χ1n) is 12.2. The lowest BCUT2D eigenvalue weighted by Gasteiger charge is -2.33. The molecule has 10 nitrogen and oxygen atoms in total. The molecule has 10 heteroatoms. The van der Waals surface area contributed by atoms with Gasteiger partial charge in [0.2, 0.25) is 11.7 Å². The molecule has 2 amide bonds. The maximum absolute atomic E-state index is 14.0. The third-order valence-electron chi connectivity index (χ3n) is 6.46. The van der Waals surface area contributed by atoms with E-state index in [1.165, 1.54) is 51.1 Å². The van der Waals surface area contributed by atoms with E-state index < -0.39 is 11.9 Å². The van der Waals surface area contributed by atoms with E-state index in [9.17, 15) is 9.59 Å². The van der Waals surface area contributed by atoms with Gasteiger partial charge in [0.25, 0.3) is 5.91 Å². The number of furan rings is 1. The number of rotatable bonds is 10. The Morgan fingerprint density at radius 3 is 2.38 bits per heavy atom. The van der Waals surface area contributed by atoms with Gasteiger partial charge >= 0.3 is 0 Å². The molecule has 0 spiro atoms. The molecule has 0 radical (unpaired) electrons. The number of carbonyl (C=O) groups is 2. The van der Waals surface area contributed by atoms with Crippen LogP contribution in [0.4, 0.5) is 0 Å². The SMILES string of the molecule is COc1cc([C@@H](C(=O)NC2CCCCC2)N(Cc2ccco2)C(=O)c2cnccn2)cc(OC)c1OC. The minimum atomic E-state index is -1.05. The van der Waals surface area contributed by atoms with Gasteiger partial charge in [0.15, 0.2) is 11.5 Å². The number of aromatic nitrogens is 2. The van der Waals surface area contributed by atoms with Crippen molar-refractivity contribution in [3.8, 4) is 17.2 Å². The van der Waals surface area contributed by atoms with Crippen LogP contribution in [0, 0.1) is 0 Å². The van der Waals surface area contributed by atoms with E-state index >= 15 is 0 Å². The average molecular weight is 509 g/mol. The summed E-state index contributed by atoms with van der Waals surface area (Å²) in [5.41, 5.74) is 0.601. The first-order valence-corrected chi connectivity index (χ1v) is 12.2. The second kappa shape index (κ2) is 12.2. The molecule has 4 rings (SSSR count). The highest BCUT2D eigenvalue weighted by Crippen LogP contribution is 2.41. The van der Waals surface area contributed by atoms with Crippen LogP contribution in [0.5, 0.6) is 17.2 Å². The van der Waals surface area contributed by atoms with Gasteiger partial charge in [-0.15, -0.1) is 0 Å². The summed E-state index contributed by atoms with van der Waals surface area (Å²) in [4.78, 5) is 37.5.